The average molecular weight is 241 g/mol. The van der Waals surface area contributed by atoms with Gasteiger partial charge in [-0.25, -0.2) is 4.79 Å². The zero-order valence-electron chi connectivity index (χ0n) is 10.3. The molecule has 0 aromatic heterocycles. The molecule has 0 spiro atoms. The van der Waals surface area contributed by atoms with E-state index in [1.807, 2.05) is 13.8 Å². The summed E-state index contributed by atoms with van der Waals surface area (Å²) >= 11 is 0. The molecule has 0 aliphatic carbocycles. The highest BCUT2D eigenvalue weighted by Crippen LogP contribution is 2.13. The van der Waals surface area contributed by atoms with Gasteiger partial charge in [0.2, 0.25) is 5.91 Å². The zero-order valence-corrected chi connectivity index (χ0v) is 10.3. The van der Waals surface area contributed by atoms with Crippen molar-refractivity contribution in [3.05, 3.63) is 0 Å². The van der Waals surface area contributed by atoms with Crippen LogP contribution in [-0.4, -0.2) is 41.9 Å². The fraction of sp³-hybridized carbons (Fsp3) is 0.727. The van der Waals surface area contributed by atoms with Crippen LogP contribution in [0.5, 0.6) is 0 Å². The summed E-state index contributed by atoms with van der Waals surface area (Å²) in [5.74, 6) is -0.513. The number of carbonyl (C=O) groups is 3. The largest absolute Gasteiger partial charge is 0.338 e. The van der Waals surface area contributed by atoms with Crippen LogP contribution in [0.1, 0.15) is 33.1 Å². The SMILES string of the molecule is CCCNC(=O)N[C@@H]1CC(=O)N(CCC)C1=O. The Balaban J connectivity index is 2.48. The van der Waals surface area contributed by atoms with Crippen molar-refractivity contribution in [2.24, 2.45) is 0 Å². The van der Waals surface area contributed by atoms with E-state index in [-0.39, 0.29) is 18.2 Å². The van der Waals surface area contributed by atoms with Crippen molar-refractivity contribution in [2.75, 3.05) is 13.1 Å². The molecule has 17 heavy (non-hydrogen) atoms. The molecule has 0 unspecified atom stereocenters. The lowest BCUT2D eigenvalue weighted by atomic mass is 10.2. The Labute approximate surface area is 101 Å². The predicted molar refractivity (Wildman–Crippen MR) is 62.2 cm³/mol. The second-order valence-corrected chi connectivity index (χ2v) is 4.04. The normalized spacial score (nSPS) is 19.6. The van der Waals surface area contributed by atoms with Gasteiger partial charge in [-0.1, -0.05) is 13.8 Å². The van der Waals surface area contributed by atoms with Crippen molar-refractivity contribution in [1.82, 2.24) is 15.5 Å². The van der Waals surface area contributed by atoms with E-state index in [2.05, 4.69) is 10.6 Å². The van der Waals surface area contributed by atoms with Crippen molar-refractivity contribution in [3.63, 3.8) is 0 Å². The Bertz CT molecular complexity index is 317. The third kappa shape index (κ3) is 3.44. The van der Waals surface area contributed by atoms with E-state index in [9.17, 15) is 14.4 Å². The fourth-order valence-corrected chi connectivity index (χ4v) is 1.70. The Morgan fingerprint density at radius 1 is 1.35 bits per heavy atom. The minimum Gasteiger partial charge on any atom is -0.338 e. The van der Waals surface area contributed by atoms with E-state index in [1.54, 1.807) is 0 Å². The third-order valence-corrected chi connectivity index (χ3v) is 2.53. The first-order valence-corrected chi connectivity index (χ1v) is 5.98. The molecule has 1 fully saturated rings. The summed E-state index contributed by atoms with van der Waals surface area (Å²) in [5.41, 5.74) is 0. The van der Waals surface area contributed by atoms with Gasteiger partial charge in [0, 0.05) is 13.1 Å². The molecular weight excluding hydrogens is 222 g/mol. The predicted octanol–water partition coefficient (Wildman–Crippen LogP) is 0.233. The van der Waals surface area contributed by atoms with Gasteiger partial charge >= 0.3 is 6.03 Å². The molecule has 0 aromatic rings. The van der Waals surface area contributed by atoms with E-state index in [4.69, 9.17) is 0 Å². The first kappa shape index (κ1) is 13.5. The van der Waals surface area contributed by atoms with Crippen LogP contribution in [-0.2, 0) is 9.59 Å². The number of hydrogen-bond donors (Lipinski definition) is 2. The minimum atomic E-state index is -0.703. The van der Waals surface area contributed by atoms with Crippen molar-refractivity contribution >= 4 is 17.8 Å². The van der Waals surface area contributed by atoms with Crippen LogP contribution in [0.15, 0.2) is 0 Å². The molecule has 0 saturated carbocycles. The van der Waals surface area contributed by atoms with E-state index < -0.39 is 12.1 Å². The number of amides is 4. The highest BCUT2D eigenvalue weighted by atomic mass is 16.2. The maximum absolute atomic E-state index is 11.8. The van der Waals surface area contributed by atoms with Crippen LogP contribution in [0, 0.1) is 0 Å². The Morgan fingerprint density at radius 2 is 2.06 bits per heavy atom. The average Bonchev–Trinajstić information content (AvgIpc) is 2.55. The van der Waals surface area contributed by atoms with Crippen LogP contribution in [0.3, 0.4) is 0 Å². The second kappa shape index (κ2) is 6.22. The molecule has 0 radical (unpaired) electrons. The smallest absolute Gasteiger partial charge is 0.315 e. The summed E-state index contributed by atoms with van der Waals surface area (Å²) in [6, 6.07) is -1.10. The number of rotatable bonds is 5. The summed E-state index contributed by atoms with van der Waals surface area (Å²) < 4.78 is 0. The van der Waals surface area contributed by atoms with Gasteiger partial charge in [0.1, 0.15) is 6.04 Å². The van der Waals surface area contributed by atoms with Gasteiger partial charge in [0.05, 0.1) is 6.42 Å². The number of imide groups is 1. The van der Waals surface area contributed by atoms with Crippen LogP contribution < -0.4 is 10.6 Å². The molecule has 96 valence electrons. The van der Waals surface area contributed by atoms with E-state index in [0.717, 1.165) is 12.8 Å². The number of urea groups is 1. The maximum atomic E-state index is 11.8. The summed E-state index contributed by atoms with van der Waals surface area (Å²) in [7, 11) is 0. The van der Waals surface area contributed by atoms with E-state index in [1.165, 1.54) is 4.90 Å². The number of nitrogens with zero attached hydrogens (tertiary/aromatic N) is 1. The van der Waals surface area contributed by atoms with Crippen LogP contribution in [0.25, 0.3) is 0 Å². The molecule has 1 heterocycles. The molecular formula is C11H19N3O3. The summed E-state index contributed by atoms with van der Waals surface area (Å²) in [4.78, 5) is 35.9. The monoisotopic (exact) mass is 241 g/mol. The van der Waals surface area contributed by atoms with Crippen molar-refractivity contribution in [2.45, 2.75) is 39.2 Å². The Morgan fingerprint density at radius 3 is 2.65 bits per heavy atom. The lowest BCUT2D eigenvalue weighted by Gasteiger charge is -2.14. The summed E-state index contributed by atoms with van der Waals surface area (Å²) in [6.45, 7) is 4.81. The molecule has 0 aromatic carbocycles. The maximum Gasteiger partial charge on any atom is 0.315 e. The standard InChI is InChI=1S/C11H19N3O3/c1-3-5-12-11(17)13-8-7-9(15)14(6-4-2)10(8)16/h8H,3-7H2,1-2H3,(H2,12,13,17)/t8-/m1/s1. The first-order chi connectivity index (χ1) is 8.10. The van der Waals surface area contributed by atoms with Gasteiger partial charge in [-0.2, -0.15) is 0 Å². The number of carbonyl (C=O) groups excluding carboxylic acids is 3. The molecule has 1 rings (SSSR count). The highest BCUT2D eigenvalue weighted by Gasteiger charge is 2.38. The van der Waals surface area contributed by atoms with E-state index >= 15 is 0 Å². The van der Waals surface area contributed by atoms with Gasteiger partial charge in [-0.15, -0.1) is 0 Å². The highest BCUT2D eigenvalue weighted by molar-refractivity contribution is 6.06. The van der Waals surface area contributed by atoms with Crippen LogP contribution >= 0.6 is 0 Å². The van der Waals surface area contributed by atoms with Gasteiger partial charge in [0.15, 0.2) is 0 Å². The molecule has 4 amide bonds. The number of hydrogen-bond acceptors (Lipinski definition) is 3. The van der Waals surface area contributed by atoms with Crippen molar-refractivity contribution < 1.29 is 14.4 Å². The lowest BCUT2D eigenvalue weighted by molar-refractivity contribution is -0.138. The van der Waals surface area contributed by atoms with Gasteiger partial charge in [-0.3, -0.25) is 14.5 Å². The molecule has 1 saturated heterocycles. The Kier molecular flexibility index (Phi) is 4.93. The molecule has 1 aliphatic heterocycles. The molecule has 6 heteroatoms. The quantitative estimate of drug-likeness (QED) is 0.676. The molecule has 0 bridgehead atoms. The van der Waals surface area contributed by atoms with Gasteiger partial charge in [-0.05, 0) is 12.8 Å². The molecule has 1 atom stereocenters. The van der Waals surface area contributed by atoms with Crippen molar-refractivity contribution in [1.29, 1.82) is 0 Å². The minimum absolute atomic E-state index is 0.0678. The number of likely N-dealkylation sites (tertiary alicyclic amines) is 1. The third-order valence-electron chi connectivity index (χ3n) is 2.53. The van der Waals surface area contributed by atoms with Crippen molar-refractivity contribution in [3.8, 4) is 0 Å². The molecule has 1 aliphatic rings. The van der Waals surface area contributed by atoms with Crippen LogP contribution in [0.2, 0.25) is 0 Å². The summed E-state index contributed by atoms with van der Waals surface area (Å²) in [6.07, 6.45) is 1.62. The van der Waals surface area contributed by atoms with E-state index in [0.29, 0.717) is 13.1 Å². The van der Waals surface area contributed by atoms with Gasteiger partial charge in [0.25, 0.3) is 5.91 Å². The lowest BCUT2D eigenvalue weighted by Crippen LogP contribution is -2.46. The second-order valence-electron chi connectivity index (χ2n) is 4.04. The first-order valence-electron chi connectivity index (χ1n) is 5.98. The molecule has 2 N–H and O–H groups in total. The topological polar surface area (TPSA) is 78.5 Å². The zero-order chi connectivity index (χ0) is 12.8. The molecule has 6 nitrogen and oxygen atoms in total. The fourth-order valence-electron chi connectivity index (χ4n) is 1.70. The Hall–Kier alpha value is -1.59. The number of nitrogens with one attached hydrogen (secondary N) is 2. The summed E-state index contributed by atoms with van der Waals surface area (Å²) in [5, 5.41) is 5.13. The van der Waals surface area contributed by atoms with Crippen LogP contribution in [0.4, 0.5) is 4.79 Å². The van der Waals surface area contributed by atoms with Gasteiger partial charge < -0.3 is 10.6 Å².